The monoisotopic (exact) mass is 322 g/mol. The van der Waals surface area contributed by atoms with Crippen LogP contribution in [0.2, 0.25) is 0 Å². The molecule has 1 aromatic carbocycles. The Morgan fingerprint density at radius 2 is 2.05 bits per heavy atom. The minimum absolute atomic E-state index is 0.264. The molecule has 0 aliphatic rings. The van der Waals surface area contributed by atoms with E-state index in [2.05, 4.69) is 36.8 Å². The maximum Gasteiger partial charge on any atom is 0.324 e. The molecule has 2 rings (SSSR count). The molecule has 0 saturated heterocycles. The van der Waals surface area contributed by atoms with Crippen molar-refractivity contribution in [3.63, 3.8) is 0 Å². The number of aromatic nitrogens is 2. The van der Waals surface area contributed by atoms with E-state index >= 15 is 0 Å². The summed E-state index contributed by atoms with van der Waals surface area (Å²) in [5.74, 6) is 0.264. The third kappa shape index (κ3) is 3.65. The van der Waals surface area contributed by atoms with Gasteiger partial charge in [-0.2, -0.15) is 5.10 Å². The van der Waals surface area contributed by atoms with E-state index in [1.807, 2.05) is 19.1 Å². The number of H-pyrrole nitrogens is 1. The van der Waals surface area contributed by atoms with Crippen molar-refractivity contribution in [2.75, 3.05) is 10.6 Å². The zero-order valence-corrected chi connectivity index (χ0v) is 11.6. The van der Waals surface area contributed by atoms with E-state index < -0.39 is 6.03 Å². The lowest BCUT2D eigenvalue weighted by molar-refractivity contribution is 0.262. The highest BCUT2D eigenvalue weighted by atomic mass is 79.9. The van der Waals surface area contributed by atoms with E-state index in [4.69, 9.17) is 0 Å². The van der Waals surface area contributed by atoms with Crippen molar-refractivity contribution in [1.29, 1.82) is 0 Å². The zero-order chi connectivity index (χ0) is 13.8. The molecule has 1 aromatic heterocycles. The number of benzene rings is 1. The average Bonchev–Trinajstić information content (AvgIpc) is 2.36. The normalized spacial score (nSPS) is 10.0. The molecule has 3 N–H and O–H groups in total. The van der Waals surface area contributed by atoms with Crippen LogP contribution in [-0.4, -0.2) is 16.2 Å². The Morgan fingerprint density at radius 1 is 1.26 bits per heavy atom. The van der Waals surface area contributed by atoms with Crippen molar-refractivity contribution in [3.05, 3.63) is 50.7 Å². The summed E-state index contributed by atoms with van der Waals surface area (Å²) in [6.45, 7) is 1.96. The molecule has 0 spiro atoms. The number of aryl methyl sites for hydroxylation is 1. The Labute approximate surface area is 117 Å². The lowest BCUT2D eigenvalue weighted by Gasteiger charge is -2.08. The molecular formula is C12H11BrN4O2. The van der Waals surface area contributed by atoms with Gasteiger partial charge in [0.25, 0.3) is 5.56 Å². The molecule has 2 aromatic rings. The third-order valence-corrected chi connectivity index (χ3v) is 2.95. The third-order valence-electron chi connectivity index (χ3n) is 2.29. The van der Waals surface area contributed by atoms with Crippen LogP contribution in [-0.2, 0) is 0 Å². The minimum Gasteiger partial charge on any atom is -0.307 e. The van der Waals surface area contributed by atoms with Gasteiger partial charge in [0.05, 0.1) is 5.69 Å². The van der Waals surface area contributed by atoms with Crippen molar-refractivity contribution in [1.82, 2.24) is 10.2 Å². The van der Waals surface area contributed by atoms with Crippen molar-refractivity contribution < 1.29 is 4.79 Å². The van der Waals surface area contributed by atoms with Crippen LogP contribution >= 0.6 is 15.9 Å². The highest BCUT2D eigenvalue weighted by molar-refractivity contribution is 9.10. The molecule has 0 fully saturated rings. The number of hydrogen-bond donors (Lipinski definition) is 3. The molecule has 1 heterocycles. The Balaban J connectivity index is 2.05. The summed E-state index contributed by atoms with van der Waals surface area (Å²) in [6, 6.07) is 7.84. The van der Waals surface area contributed by atoms with Gasteiger partial charge in [-0.25, -0.2) is 9.89 Å². The number of nitrogens with one attached hydrogen (secondary N) is 3. The first-order valence-electron chi connectivity index (χ1n) is 5.44. The van der Waals surface area contributed by atoms with Gasteiger partial charge in [0, 0.05) is 10.5 Å². The second-order valence-corrected chi connectivity index (χ2v) is 4.72. The smallest absolute Gasteiger partial charge is 0.307 e. The first kappa shape index (κ1) is 13.3. The largest absolute Gasteiger partial charge is 0.324 e. The average molecular weight is 323 g/mol. The number of carbonyl (C=O) groups is 1. The summed E-state index contributed by atoms with van der Waals surface area (Å²) >= 11 is 3.36. The maximum absolute atomic E-state index is 11.7. The number of hydrogen-bond acceptors (Lipinski definition) is 3. The number of carbonyl (C=O) groups excluding carboxylic acids is 1. The number of anilines is 2. The van der Waals surface area contributed by atoms with Crippen LogP contribution in [0.4, 0.5) is 16.3 Å². The number of amides is 2. The van der Waals surface area contributed by atoms with Gasteiger partial charge in [0.15, 0.2) is 5.82 Å². The summed E-state index contributed by atoms with van der Waals surface area (Å²) in [6.07, 6.45) is 0. The van der Waals surface area contributed by atoms with Gasteiger partial charge in [0.2, 0.25) is 0 Å². The molecule has 19 heavy (non-hydrogen) atoms. The minimum atomic E-state index is -0.441. The first-order valence-corrected chi connectivity index (χ1v) is 6.24. The van der Waals surface area contributed by atoms with Crippen molar-refractivity contribution >= 4 is 33.5 Å². The van der Waals surface area contributed by atoms with E-state index in [1.54, 1.807) is 6.07 Å². The molecule has 0 atom stereocenters. The predicted molar refractivity (Wildman–Crippen MR) is 76.4 cm³/mol. The SMILES string of the molecule is Cc1ccc(NC(=O)Nc2ccc(=O)[nH]n2)c(Br)c1. The fourth-order valence-electron chi connectivity index (χ4n) is 1.41. The van der Waals surface area contributed by atoms with Crippen LogP contribution in [0.5, 0.6) is 0 Å². The van der Waals surface area contributed by atoms with E-state index in [-0.39, 0.29) is 11.4 Å². The fraction of sp³-hybridized carbons (Fsp3) is 0.0833. The Hall–Kier alpha value is -2.15. The van der Waals surface area contributed by atoms with E-state index in [9.17, 15) is 9.59 Å². The second-order valence-electron chi connectivity index (χ2n) is 3.87. The first-order chi connectivity index (χ1) is 9.04. The molecule has 0 aliphatic carbocycles. The van der Waals surface area contributed by atoms with Gasteiger partial charge in [-0.3, -0.25) is 10.1 Å². The molecular weight excluding hydrogens is 312 g/mol. The van der Waals surface area contributed by atoms with Gasteiger partial charge in [0.1, 0.15) is 0 Å². The fourth-order valence-corrected chi connectivity index (χ4v) is 2.00. The van der Waals surface area contributed by atoms with E-state index in [0.717, 1.165) is 10.0 Å². The molecule has 0 radical (unpaired) electrons. The predicted octanol–water partition coefficient (Wildman–Crippen LogP) is 2.48. The molecule has 0 aliphatic heterocycles. The van der Waals surface area contributed by atoms with Crippen molar-refractivity contribution in [2.45, 2.75) is 6.92 Å². The van der Waals surface area contributed by atoms with Gasteiger partial charge < -0.3 is 5.32 Å². The van der Waals surface area contributed by atoms with Gasteiger partial charge in [-0.15, -0.1) is 0 Å². The maximum atomic E-state index is 11.7. The molecule has 0 bridgehead atoms. The van der Waals surface area contributed by atoms with Crippen LogP contribution in [0.1, 0.15) is 5.56 Å². The Bertz CT molecular complexity index is 649. The van der Waals surface area contributed by atoms with Gasteiger partial charge in [-0.1, -0.05) is 6.07 Å². The standard InChI is InChI=1S/C12H11BrN4O2/c1-7-2-3-9(8(13)6-7)14-12(19)15-10-4-5-11(18)17-16-10/h2-6H,1H3,(H,17,18)(H2,14,15,16,19). The summed E-state index contributed by atoms with van der Waals surface area (Å²) in [5, 5.41) is 11.1. The Kier molecular flexibility index (Phi) is 3.96. The lowest BCUT2D eigenvalue weighted by Crippen LogP contribution is -2.21. The number of nitrogens with zero attached hydrogens (tertiary/aromatic N) is 1. The van der Waals surface area contributed by atoms with Gasteiger partial charge >= 0.3 is 6.03 Å². The van der Waals surface area contributed by atoms with Gasteiger partial charge in [-0.05, 0) is 46.6 Å². The molecule has 0 unspecified atom stereocenters. The molecule has 6 nitrogen and oxygen atoms in total. The molecule has 7 heteroatoms. The van der Waals surface area contributed by atoms with Crippen LogP contribution in [0.25, 0.3) is 0 Å². The summed E-state index contributed by atoms with van der Waals surface area (Å²) in [5.41, 5.74) is 1.40. The molecule has 2 amide bonds. The topological polar surface area (TPSA) is 86.9 Å². The van der Waals surface area contributed by atoms with E-state index in [0.29, 0.717) is 5.69 Å². The van der Waals surface area contributed by atoms with Crippen LogP contribution in [0, 0.1) is 6.92 Å². The number of aromatic amines is 1. The zero-order valence-electron chi connectivity index (χ0n) is 10.0. The second kappa shape index (κ2) is 5.66. The summed E-state index contributed by atoms with van der Waals surface area (Å²) in [7, 11) is 0. The summed E-state index contributed by atoms with van der Waals surface area (Å²) in [4.78, 5) is 22.6. The molecule has 98 valence electrons. The molecule has 0 saturated carbocycles. The van der Waals surface area contributed by atoms with Crippen molar-refractivity contribution in [3.8, 4) is 0 Å². The van der Waals surface area contributed by atoms with Crippen LogP contribution in [0.3, 0.4) is 0 Å². The van der Waals surface area contributed by atoms with Crippen LogP contribution < -0.4 is 16.2 Å². The number of rotatable bonds is 2. The quantitative estimate of drug-likeness (QED) is 0.793. The van der Waals surface area contributed by atoms with Crippen molar-refractivity contribution in [2.24, 2.45) is 0 Å². The highest BCUT2D eigenvalue weighted by Crippen LogP contribution is 2.23. The summed E-state index contributed by atoms with van der Waals surface area (Å²) < 4.78 is 0.789. The number of urea groups is 1. The Morgan fingerprint density at radius 3 is 2.68 bits per heavy atom. The van der Waals surface area contributed by atoms with E-state index in [1.165, 1.54) is 12.1 Å². The lowest BCUT2D eigenvalue weighted by atomic mass is 10.2. The van der Waals surface area contributed by atoms with Crippen LogP contribution in [0.15, 0.2) is 39.6 Å². The number of halogens is 1. The highest BCUT2D eigenvalue weighted by Gasteiger charge is 2.06.